The van der Waals surface area contributed by atoms with E-state index in [2.05, 4.69) is 6.92 Å². The van der Waals surface area contributed by atoms with Crippen molar-refractivity contribution in [2.45, 2.75) is 44.7 Å². The first-order chi connectivity index (χ1) is 4.43. The molecule has 0 N–H and O–H groups in total. The van der Waals surface area contributed by atoms with Crippen LogP contribution in [0.15, 0.2) is 0 Å². The summed E-state index contributed by atoms with van der Waals surface area (Å²) in [6, 6.07) is 0. The fraction of sp³-hybridized carbons (Fsp3) is 1.00. The minimum absolute atomic E-state index is 0. The molecule has 1 fully saturated rings. The summed E-state index contributed by atoms with van der Waals surface area (Å²) in [6.07, 6.45) is 9.00. The summed E-state index contributed by atoms with van der Waals surface area (Å²) >= 11 is 0. The van der Waals surface area contributed by atoms with Crippen molar-refractivity contribution in [3.05, 3.63) is 0 Å². The van der Waals surface area contributed by atoms with E-state index in [-0.39, 0.29) is 12.4 Å². The lowest BCUT2D eigenvalue weighted by molar-refractivity contribution is 0.886. The van der Waals surface area contributed by atoms with Gasteiger partial charge in [-0.15, -0.1) is 21.0 Å². The van der Waals surface area contributed by atoms with Gasteiger partial charge in [0.05, 0.1) is 0 Å². The Balaban J connectivity index is 0.000000810. The van der Waals surface area contributed by atoms with Gasteiger partial charge in [-0.1, -0.05) is 26.2 Å². The summed E-state index contributed by atoms with van der Waals surface area (Å²) < 4.78 is 0. The molecule has 62 valence electrons. The van der Waals surface area contributed by atoms with Crippen molar-refractivity contribution in [1.29, 1.82) is 0 Å². The highest BCUT2D eigenvalue weighted by molar-refractivity contribution is 7.38. The molecule has 2 heteroatoms. The van der Waals surface area contributed by atoms with Gasteiger partial charge >= 0.3 is 0 Å². The molecule has 0 bridgehead atoms. The predicted molar refractivity (Wildman–Crippen MR) is 53.0 cm³/mol. The lowest BCUT2D eigenvalue weighted by Gasteiger charge is -2.05. The maximum atomic E-state index is 2.29. The van der Waals surface area contributed by atoms with Crippen molar-refractivity contribution < 1.29 is 0 Å². The van der Waals surface area contributed by atoms with E-state index >= 15 is 0 Å². The van der Waals surface area contributed by atoms with Crippen molar-refractivity contribution in [3.8, 4) is 0 Å². The van der Waals surface area contributed by atoms with Crippen LogP contribution in [0.5, 0.6) is 0 Å². The minimum Gasteiger partial charge on any atom is -0.147 e. The fourth-order valence-corrected chi connectivity index (χ4v) is 2.99. The normalized spacial score (nSPS) is 20.1. The monoisotopic (exact) mass is 180 g/mol. The van der Waals surface area contributed by atoms with E-state index in [9.17, 15) is 0 Å². The molecule has 1 rings (SSSR count). The Morgan fingerprint density at radius 2 is 1.90 bits per heavy atom. The van der Waals surface area contributed by atoms with E-state index in [1.54, 1.807) is 12.8 Å². The quantitative estimate of drug-likeness (QED) is 0.584. The molecular formula is C8H18ClP. The minimum atomic E-state index is 0. The second-order valence-electron chi connectivity index (χ2n) is 2.94. The molecule has 1 aliphatic carbocycles. The summed E-state index contributed by atoms with van der Waals surface area (Å²) in [7, 11) is 1.29. The maximum Gasteiger partial charge on any atom is -0.0237 e. The van der Waals surface area contributed by atoms with E-state index in [4.69, 9.17) is 0 Å². The average molecular weight is 181 g/mol. The molecule has 0 saturated heterocycles. The van der Waals surface area contributed by atoms with Gasteiger partial charge in [-0.3, -0.25) is 0 Å². The van der Waals surface area contributed by atoms with Crippen LogP contribution in [0.4, 0.5) is 0 Å². The zero-order valence-corrected chi connectivity index (χ0v) is 8.54. The van der Waals surface area contributed by atoms with E-state index in [1.165, 1.54) is 34.0 Å². The summed E-state index contributed by atoms with van der Waals surface area (Å²) in [4.78, 5) is 0. The van der Waals surface area contributed by atoms with Crippen molar-refractivity contribution in [2.75, 3.05) is 6.16 Å². The van der Waals surface area contributed by atoms with Crippen LogP contribution in [0.25, 0.3) is 0 Å². The predicted octanol–water partition coefficient (Wildman–Crippen LogP) is 3.44. The van der Waals surface area contributed by atoms with Crippen LogP contribution < -0.4 is 0 Å². The second-order valence-corrected chi connectivity index (χ2v) is 4.66. The molecule has 0 aromatic heterocycles. The molecule has 0 aromatic rings. The van der Waals surface area contributed by atoms with E-state index in [0.717, 1.165) is 5.66 Å². The van der Waals surface area contributed by atoms with Gasteiger partial charge in [0.25, 0.3) is 0 Å². The van der Waals surface area contributed by atoms with Crippen molar-refractivity contribution in [2.24, 2.45) is 0 Å². The van der Waals surface area contributed by atoms with Gasteiger partial charge < -0.3 is 0 Å². The Hall–Kier alpha value is 0.720. The van der Waals surface area contributed by atoms with E-state index < -0.39 is 0 Å². The van der Waals surface area contributed by atoms with Gasteiger partial charge in [0.15, 0.2) is 0 Å². The highest BCUT2D eigenvalue weighted by atomic mass is 35.5. The van der Waals surface area contributed by atoms with E-state index in [0.29, 0.717) is 0 Å². The second kappa shape index (κ2) is 6.43. The summed E-state index contributed by atoms with van der Waals surface area (Å²) in [5.74, 6) is 0. The molecule has 0 amide bonds. The van der Waals surface area contributed by atoms with Crippen LogP contribution in [-0.4, -0.2) is 11.8 Å². The Kier molecular flexibility index (Phi) is 6.89. The van der Waals surface area contributed by atoms with Crippen LogP contribution in [0.1, 0.15) is 39.0 Å². The first-order valence-corrected chi connectivity index (χ1v) is 5.45. The highest BCUT2D eigenvalue weighted by Gasteiger charge is 2.12. The lowest BCUT2D eigenvalue weighted by atomic mass is 10.4. The smallest absolute Gasteiger partial charge is 0.0237 e. The summed E-state index contributed by atoms with van der Waals surface area (Å²) in [5, 5.41) is 0. The summed E-state index contributed by atoms with van der Waals surface area (Å²) in [6.45, 7) is 2.29. The van der Waals surface area contributed by atoms with Gasteiger partial charge in [-0.25, -0.2) is 0 Å². The Labute approximate surface area is 72.4 Å². The van der Waals surface area contributed by atoms with Gasteiger partial charge in [-0.2, -0.15) is 0 Å². The van der Waals surface area contributed by atoms with Crippen molar-refractivity contribution in [3.63, 3.8) is 0 Å². The van der Waals surface area contributed by atoms with Crippen molar-refractivity contribution in [1.82, 2.24) is 0 Å². The van der Waals surface area contributed by atoms with Gasteiger partial charge in [0, 0.05) is 0 Å². The molecule has 0 aliphatic heterocycles. The average Bonchev–Trinajstić information content (AvgIpc) is 2.34. The van der Waals surface area contributed by atoms with Crippen LogP contribution in [0.3, 0.4) is 0 Å². The van der Waals surface area contributed by atoms with Gasteiger partial charge in [-0.05, 0) is 24.7 Å². The van der Waals surface area contributed by atoms with E-state index in [1.807, 2.05) is 0 Å². The topological polar surface area (TPSA) is 0 Å². The summed E-state index contributed by atoms with van der Waals surface area (Å²) in [5.41, 5.74) is 1.14. The molecule has 0 nitrogen and oxygen atoms in total. The number of hydrogen-bond acceptors (Lipinski definition) is 0. The molecule has 1 aliphatic rings. The molecule has 0 radical (unpaired) electrons. The zero-order valence-electron chi connectivity index (χ0n) is 6.73. The maximum absolute atomic E-state index is 2.29. The molecule has 0 spiro atoms. The van der Waals surface area contributed by atoms with Crippen LogP contribution in [-0.2, 0) is 0 Å². The van der Waals surface area contributed by atoms with Crippen LogP contribution in [0, 0.1) is 0 Å². The fourth-order valence-electron chi connectivity index (χ4n) is 1.48. The number of rotatable bonds is 3. The van der Waals surface area contributed by atoms with Crippen molar-refractivity contribution >= 4 is 21.0 Å². The molecule has 0 heterocycles. The molecular weight excluding hydrogens is 163 g/mol. The first-order valence-electron chi connectivity index (χ1n) is 4.17. The number of halogens is 1. The van der Waals surface area contributed by atoms with Crippen LogP contribution >= 0.6 is 21.0 Å². The largest absolute Gasteiger partial charge is 0.147 e. The van der Waals surface area contributed by atoms with Gasteiger partial charge in [0.2, 0.25) is 0 Å². The highest BCUT2D eigenvalue weighted by Crippen LogP contribution is 2.33. The first kappa shape index (κ1) is 10.7. The molecule has 1 saturated carbocycles. The molecule has 0 aromatic carbocycles. The Bertz CT molecular complexity index is 69.7. The lowest BCUT2D eigenvalue weighted by Crippen LogP contribution is -1.91. The molecule has 1 atom stereocenters. The SMILES string of the molecule is CCCPC1CCCC1.Cl. The standard InChI is InChI=1S/C8H17P.ClH/c1-2-7-9-8-5-3-4-6-8;/h8-9H,2-7H2,1H3;1H. The number of hydrogen-bond donors (Lipinski definition) is 0. The third kappa shape index (κ3) is 3.78. The Morgan fingerprint density at radius 3 is 2.40 bits per heavy atom. The Morgan fingerprint density at radius 1 is 1.30 bits per heavy atom. The molecule has 1 unspecified atom stereocenters. The molecule has 10 heavy (non-hydrogen) atoms. The third-order valence-electron chi connectivity index (χ3n) is 2.04. The zero-order chi connectivity index (χ0) is 6.53. The van der Waals surface area contributed by atoms with Gasteiger partial charge in [0.1, 0.15) is 0 Å². The third-order valence-corrected chi connectivity index (χ3v) is 3.98. The van der Waals surface area contributed by atoms with Crippen LogP contribution in [0.2, 0.25) is 0 Å².